The average Bonchev–Trinajstić information content (AvgIpc) is 2.76. The Hall–Kier alpha value is -1.29. The lowest BCUT2D eigenvalue weighted by atomic mass is 10.2. The summed E-state index contributed by atoms with van der Waals surface area (Å²) in [7, 11) is 0. The van der Waals surface area contributed by atoms with Crippen LogP contribution in [0.2, 0.25) is 0 Å². The molecule has 1 fully saturated rings. The van der Waals surface area contributed by atoms with Gasteiger partial charge in [-0.3, -0.25) is 0 Å². The number of pyridine rings is 1. The summed E-state index contributed by atoms with van der Waals surface area (Å²) < 4.78 is 5.55. The fourth-order valence-corrected chi connectivity index (χ4v) is 1.90. The molecule has 0 bridgehead atoms. The van der Waals surface area contributed by atoms with Crippen LogP contribution in [0.15, 0.2) is 12.3 Å². The van der Waals surface area contributed by atoms with Crippen molar-refractivity contribution in [2.24, 2.45) is 0 Å². The van der Waals surface area contributed by atoms with E-state index in [9.17, 15) is 0 Å². The van der Waals surface area contributed by atoms with E-state index in [1.54, 1.807) is 6.20 Å². The molecule has 16 heavy (non-hydrogen) atoms. The Kier molecular flexibility index (Phi) is 3.62. The molecule has 1 unspecified atom stereocenters. The molecule has 4 heteroatoms. The first-order valence-electron chi connectivity index (χ1n) is 5.83. The van der Waals surface area contributed by atoms with E-state index in [-0.39, 0.29) is 0 Å². The van der Waals surface area contributed by atoms with E-state index in [4.69, 9.17) is 10.5 Å². The summed E-state index contributed by atoms with van der Waals surface area (Å²) in [5.74, 6) is 0.893. The SMILES string of the molecule is Cc1cc(NCCC2CCCO2)ncc1N. The Morgan fingerprint density at radius 2 is 2.50 bits per heavy atom. The number of nitrogens with one attached hydrogen (secondary N) is 1. The van der Waals surface area contributed by atoms with E-state index in [2.05, 4.69) is 10.3 Å². The topological polar surface area (TPSA) is 60.2 Å². The van der Waals surface area contributed by atoms with Gasteiger partial charge in [0, 0.05) is 13.2 Å². The molecule has 88 valence electrons. The van der Waals surface area contributed by atoms with Crippen molar-refractivity contribution in [3.8, 4) is 0 Å². The summed E-state index contributed by atoms with van der Waals surface area (Å²) in [5.41, 5.74) is 7.51. The van der Waals surface area contributed by atoms with E-state index >= 15 is 0 Å². The third kappa shape index (κ3) is 2.85. The fourth-order valence-electron chi connectivity index (χ4n) is 1.90. The fraction of sp³-hybridized carbons (Fsp3) is 0.583. The number of nitrogens with two attached hydrogens (primary N) is 1. The maximum absolute atomic E-state index is 5.71. The molecule has 0 radical (unpaired) electrons. The van der Waals surface area contributed by atoms with Crippen LogP contribution in [0.1, 0.15) is 24.8 Å². The Labute approximate surface area is 96.2 Å². The molecule has 0 aromatic carbocycles. The molecule has 2 rings (SSSR count). The van der Waals surface area contributed by atoms with Crippen molar-refractivity contribution in [1.82, 2.24) is 4.98 Å². The van der Waals surface area contributed by atoms with Crippen molar-refractivity contribution in [3.63, 3.8) is 0 Å². The van der Waals surface area contributed by atoms with Crippen molar-refractivity contribution in [2.75, 3.05) is 24.2 Å². The van der Waals surface area contributed by atoms with E-state index in [0.717, 1.165) is 36.6 Å². The molecule has 1 aliphatic rings. The minimum Gasteiger partial charge on any atom is -0.397 e. The summed E-state index contributed by atoms with van der Waals surface area (Å²) in [6.45, 7) is 3.81. The maximum atomic E-state index is 5.71. The Morgan fingerprint density at radius 1 is 1.62 bits per heavy atom. The molecule has 0 amide bonds. The van der Waals surface area contributed by atoms with Crippen LogP contribution in [0, 0.1) is 6.92 Å². The minimum absolute atomic E-state index is 0.433. The summed E-state index contributed by atoms with van der Waals surface area (Å²) in [6, 6.07) is 1.98. The summed E-state index contributed by atoms with van der Waals surface area (Å²) in [6.07, 6.45) is 5.57. The van der Waals surface area contributed by atoms with Gasteiger partial charge in [-0.15, -0.1) is 0 Å². The van der Waals surface area contributed by atoms with Crippen LogP contribution in [0.4, 0.5) is 11.5 Å². The number of rotatable bonds is 4. The largest absolute Gasteiger partial charge is 0.397 e. The van der Waals surface area contributed by atoms with Crippen LogP contribution in [0.25, 0.3) is 0 Å². The van der Waals surface area contributed by atoms with Crippen molar-refractivity contribution in [2.45, 2.75) is 32.3 Å². The van der Waals surface area contributed by atoms with Gasteiger partial charge in [0.05, 0.1) is 18.0 Å². The normalized spacial score (nSPS) is 19.9. The second-order valence-electron chi connectivity index (χ2n) is 4.28. The van der Waals surface area contributed by atoms with Crippen LogP contribution in [0.3, 0.4) is 0 Å². The summed E-state index contributed by atoms with van der Waals surface area (Å²) >= 11 is 0. The molecule has 0 saturated carbocycles. The van der Waals surface area contributed by atoms with Crippen LogP contribution in [-0.4, -0.2) is 24.2 Å². The zero-order valence-electron chi connectivity index (χ0n) is 9.70. The zero-order valence-corrected chi connectivity index (χ0v) is 9.70. The number of ether oxygens (including phenoxy) is 1. The molecule has 0 spiro atoms. The predicted octanol–water partition coefficient (Wildman–Crippen LogP) is 1.95. The van der Waals surface area contributed by atoms with Gasteiger partial charge in [0.25, 0.3) is 0 Å². The second-order valence-corrected chi connectivity index (χ2v) is 4.28. The summed E-state index contributed by atoms with van der Waals surface area (Å²) in [4.78, 5) is 4.23. The number of nitrogen functional groups attached to an aromatic ring is 1. The van der Waals surface area contributed by atoms with Gasteiger partial charge in [0.2, 0.25) is 0 Å². The lowest BCUT2D eigenvalue weighted by Gasteiger charge is -2.11. The lowest BCUT2D eigenvalue weighted by Crippen LogP contribution is -2.13. The van der Waals surface area contributed by atoms with Gasteiger partial charge in [0.15, 0.2) is 0 Å². The molecule has 0 aliphatic carbocycles. The highest BCUT2D eigenvalue weighted by Crippen LogP contribution is 2.16. The molecule has 1 saturated heterocycles. The third-order valence-corrected chi connectivity index (χ3v) is 2.95. The molecule has 1 aliphatic heterocycles. The van der Waals surface area contributed by atoms with Gasteiger partial charge in [-0.1, -0.05) is 0 Å². The highest BCUT2D eigenvalue weighted by Gasteiger charge is 2.14. The summed E-state index contributed by atoms with van der Waals surface area (Å²) in [5, 5.41) is 3.29. The van der Waals surface area contributed by atoms with E-state index in [1.165, 1.54) is 12.8 Å². The zero-order chi connectivity index (χ0) is 11.4. The Morgan fingerprint density at radius 3 is 3.19 bits per heavy atom. The first kappa shape index (κ1) is 11.2. The first-order chi connectivity index (χ1) is 7.75. The van der Waals surface area contributed by atoms with Crippen molar-refractivity contribution < 1.29 is 4.74 Å². The maximum Gasteiger partial charge on any atom is 0.126 e. The number of hydrogen-bond donors (Lipinski definition) is 2. The highest BCUT2D eigenvalue weighted by atomic mass is 16.5. The molecule has 2 heterocycles. The average molecular weight is 221 g/mol. The molecule has 4 nitrogen and oxygen atoms in total. The van der Waals surface area contributed by atoms with Gasteiger partial charge in [-0.05, 0) is 37.8 Å². The van der Waals surface area contributed by atoms with Crippen molar-refractivity contribution in [1.29, 1.82) is 0 Å². The number of aromatic nitrogens is 1. The lowest BCUT2D eigenvalue weighted by molar-refractivity contribution is 0.107. The first-order valence-corrected chi connectivity index (χ1v) is 5.83. The van der Waals surface area contributed by atoms with Gasteiger partial charge in [0.1, 0.15) is 5.82 Å². The van der Waals surface area contributed by atoms with Crippen molar-refractivity contribution >= 4 is 11.5 Å². The number of hydrogen-bond acceptors (Lipinski definition) is 4. The number of anilines is 2. The predicted molar refractivity (Wildman–Crippen MR) is 65.5 cm³/mol. The molecule has 3 N–H and O–H groups in total. The van der Waals surface area contributed by atoms with Crippen molar-refractivity contribution in [3.05, 3.63) is 17.8 Å². The van der Waals surface area contributed by atoms with Crippen LogP contribution in [0.5, 0.6) is 0 Å². The van der Waals surface area contributed by atoms with E-state index < -0.39 is 0 Å². The molecule has 1 aromatic heterocycles. The van der Waals surface area contributed by atoms with E-state index in [0.29, 0.717) is 6.10 Å². The van der Waals surface area contributed by atoms with Gasteiger partial charge in [-0.2, -0.15) is 0 Å². The van der Waals surface area contributed by atoms with Crippen LogP contribution >= 0.6 is 0 Å². The van der Waals surface area contributed by atoms with Crippen LogP contribution < -0.4 is 11.1 Å². The molecular formula is C12H19N3O. The quantitative estimate of drug-likeness (QED) is 0.816. The van der Waals surface area contributed by atoms with Gasteiger partial charge >= 0.3 is 0 Å². The van der Waals surface area contributed by atoms with Gasteiger partial charge in [-0.25, -0.2) is 4.98 Å². The second kappa shape index (κ2) is 5.16. The highest BCUT2D eigenvalue weighted by molar-refractivity contribution is 5.50. The number of aryl methyl sites for hydroxylation is 1. The minimum atomic E-state index is 0.433. The molecular weight excluding hydrogens is 202 g/mol. The molecule has 1 aromatic rings. The smallest absolute Gasteiger partial charge is 0.126 e. The Bertz CT molecular complexity index is 348. The standard InChI is InChI=1S/C12H19N3O/c1-9-7-12(15-8-11(9)13)14-5-4-10-3-2-6-16-10/h7-8,10H,2-6,13H2,1H3,(H,14,15). The monoisotopic (exact) mass is 221 g/mol. The van der Waals surface area contributed by atoms with Crippen LogP contribution in [-0.2, 0) is 4.74 Å². The Balaban J connectivity index is 1.78. The van der Waals surface area contributed by atoms with Gasteiger partial charge < -0.3 is 15.8 Å². The molecule has 1 atom stereocenters. The number of nitrogens with zero attached hydrogens (tertiary/aromatic N) is 1. The third-order valence-electron chi connectivity index (χ3n) is 2.95. The van der Waals surface area contributed by atoms with E-state index in [1.807, 2.05) is 13.0 Å².